The molecule has 0 saturated carbocycles. The van der Waals surface area contributed by atoms with Crippen LogP contribution in [0.4, 0.5) is 0 Å². The summed E-state index contributed by atoms with van der Waals surface area (Å²) >= 11 is 0. The summed E-state index contributed by atoms with van der Waals surface area (Å²) in [6, 6.07) is 0. The first-order valence-corrected chi connectivity index (χ1v) is 7.22. The van der Waals surface area contributed by atoms with Crippen LogP contribution in [0.5, 0.6) is 46.0 Å². The molecule has 126 valence electrons. The lowest BCUT2D eigenvalue weighted by atomic mass is 9.95. The number of ether oxygens (including phenoxy) is 4. The molecule has 8 heteroatoms. The minimum atomic E-state index is -0.0915. The Bertz CT molecular complexity index is 814. The van der Waals surface area contributed by atoms with E-state index in [0.29, 0.717) is 34.1 Å². The van der Waals surface area contributed by atoms with Crippen molar-refractivity contribution in [2.24, 2.45) is 0 Å². The highest BCUT2D eigenvalue weighted by atomic mass is 16.7. The maximum atomic E-state index is 8.36. The van der Waals surface area contributed by atoms with Gasteiger partial charge in [-0.05, 0) is 13.8 Å². The van der Waals surface area contributed by atoms with E-state index in [0.717, 1.165) is 0 Å². The summed E-state index contributed by atoms with van der Waals surface area (Å²) in [5.74, 6) is 1.21. The van der Waals surface area contributed by atoms with Crippen LogP contribution in [0.15, 0.2) is 0 Å². The van der Waals surface area contributed by atoms with Crippen molar-refractivity contribution < 1.29 is 39.4 Å². The average molecular weight is 338 g/mol. The summed E-state index contributed by atoms with van der Waals surface area (Å²) in [5, 5.41) is 33.0. The van der Waals surface area contributed by atoms with Crippen molar-refractivity contribution in [2.75, 3.05) is 13.6 Å². The zero-order valence-electron chi connectivity index (χ0n) is 13.0. The van der Waals surface area contributed by atoms with Crippen LogP contribution >= 0.6 is 0 Å². The van der Waals surface area contributed by atoms with Crippen LogP contribution in [0, 0.1) is 13.8 Å². The predicted molar refractivity (Wildman–Crippen MR) is 85.8 cm³/mol. The van der Waals surface area contributed by atoms with Gasteiger partial charge in [0, 0.05) is 0 Å². The van der Waals surface area contributed by atoms with E-state index in [1.807, 2.05) is 0 Å². The molecule has 2 aliphatic heterocycles. The van der Waals surface area contributed by atoms with E-state index in [1.54, 1.807) is 13.8 Å². The minimum Gasteiger partial charge on any atom is -0.587 e. The molecule has 0 unspecified atom stereocenters. The smallest absolute Gasteiger partial charge is 0.363 e. The Morgan fingerprint density at radius 2 is 0.875 bits per heavy atom. The summed E-state index contributed by atoms with van der Waals surface area (Å²) in [7, 11) is 0. The Labute approximate surface area is 136 Å². The van der Waals surface area contributed by atoms with E-state index in [4.69, 9.17) is 39.4 Å². The van der Waals surface area contributed by atoms with Crippen molar-refractivity contribution in [2.45, 2.75) is 13.8 Å². The molecule has 8 N–H and O–H groups in total. The maximum Gasteiger partial charge on any atom is 0.363 e. The van der Waals surface area contributed by atoms with E-state index in [2.05, 4.69) is 0 Å². The van der Waals surface area contributed by atoms with E-state index in [9.17, 15) is 0 Å². The molecule has 0 amide bonds. The second-order valence-corrected chi connectivity index (χ2v) is 5.63. The van der Waals surface area contributed by atoms with Crippen LogP contribution in [0.3, 0.4) is 0 Å². The Morgan fingerprint density at radius 1 is 0.542 bits per heavy atom. The molecule has 0 fully saturated rings. The van der Waals surface area contributed by atoms with E-state index < -0.39 is 0 Å². The number of hydrogen-bond acceptors (Lipinski definition) is 4. The van der Waals surface area contributed by atoms with Crippen LogP contribution < -0.4 is 18.9 Å². The summed E-state index contributed by atoms with van der Waals surface area (Å²) < 4.78 is 21.9. The molecule has 2 aromatic carbocycles. The predicted octanol–water partition coefficient (Wildman–Crippen LogP) is 1.18. The molecule has 2 aliphatic rings. The summed E-state index contributed by atoms with van der Waals surface area (Å²) in [5.41, 5.74) is 1.49. The van der Waals surface area contributed by atoms with E-state index in [-0.39, 0.29) is 47.7 Å². The molecule has 8 nitrogen and oxygen atoms in total. The lowest BCUT2D eigenvalue weighted by Crippen LogP contribution is -1.95. The lowest BCUT2D eigenvalue weighted by molar-refractivity contribution is 0.172. The van der Waals surface area contributed by atoms with Gasteiger partial charge in [0.25, 0.3) is 0 Å². The summed E-state index contributed by atoms with van der Waals surface area (Å²) in [6.07, 6.45) is 0. The highest BCUT2D eigenvalue weighted by Gasteiger charge is 2.43. The number of rotatable bonds is 1. The van der Waals surface area contributed by atoms with Gasteiger partial charge in [-0.25, -0.2) is 0 Å². The van der Waals surface area contributed by atoms with Gasteiger partial charge < -0.3 is 39.4 Å². The fourth-order valence-corrected chi connectivity index (χ4v) is 3.04. The van der Waals surface area contributed by atoms with E-state index in [1.165, 1.54) is 0 Å². The molecule has 2 aromatic rings. The zero-order chi connectivity index (χ0) is 17.2. The van der Waals surface area contributed by atoms with Crippen molar-refractivity contribution >= 4 is 0 Å². The summed E-state index contributed by atoms with van der Waals surface area (Å²) in [6.45, 7) is 3.35. The van der Waals surface area contributed by atoms with Crippen LogP contribution in [-0.2, 0) is 0 Å². The first kappa shape index (κ1) is 14.4. The van der Waals surface area contributed by atoms with Crippen molar-refractivity contribution in [3.63, 3.8) is 0 Å². The molecule has 0 spiro atoms. The molecule has 0 atom stereocenters. The normalized spacial score (nSPS) is 14.2. The van der Waals surface area contributed by atoms with Gasteiger partial charge in [0.2, 0.25) is 13.6 Å². The molecule has 0 radical (unpaired) electrons. The van der Waals surface area contributed by atoms with Gasteiger partial charge in [0.1, 0.15) is 22.3 Å². The van der Waals surface area contributed by atoms with Crippen molar-refractivity contribution in [3.05, 3.63) is 11.1 Å². The van der Waals surface area contributed by atoms with Gasteiger partial charge in [-0.3, -0.25) is 0 Å². The highest BCUT2D eigenvalue weighted by molar-refractivity contribution is 5.93. The third-order valence-corrected chi connectivity index (χ3v) is 4.36. The Balaban J connectivity index is 2.14. The molecule has 24 heavy (non-hydrogen) atoms. The van der Waals surface area contributed by atoms with Gasteiger partial charge >= 0.3 is 23.0 Å². The van der Waals surface area contributed by atoms with Crippen molar-refractivity contribution in [1.29, 1.82) is 0 Å². The van der Waals surface area contributed by atoms with Gasteiger partial charge in [-0.15, -0.1) is 0 Å². The molecule has 4 rings (SSSR count). The monoisotopic (exact) mass is 338 g/mol. The quantitative estimate of drug-likeness (QED) is 0.723. The Kier molecular flexibility index (Phi) is 2.81. The Morgan fingerprint density at radius 3 is 1.25 bits per heavy atom. The topological polar surface area (TPSA) is 129 Å². The molecule has 0 saturated heterocycles. The number of benzene rings is 2. The molecule has 0 aromatic heterocycles. The number of hydrogen-bond donors (Lipinski definition) is 0. The molecule has 0 aliphatic carbocycles. The standard InChI is InChI=1S/C16H14O8/c1-5-9(17)11(19)7(15-13(5)21-3-23-15)8-12(20)10(18)6(2)14-16(8)24-4-22-14/h17-20H,3-4H2,1-2H3/p+4. The molecular formula is C16H18O8+4. The van der Waals surface area contributed by atoms with Crippen LogP contribution in [0.1, 0.15) is 11.1 Å². The first-order valence-electron chi connectivity index (χ1n) is 7.22. The zero-order valence-corrected chi connectivity index (χ0v) is 13.0. The first-order chi connectivity index (χ1) is 11.4. The van der Waals surface area contributed by atoms with Gasteiger partial charge in [-0.2, -0.15) is 0 Å². The third-order valence-electron chi connectivity index (χ3n) is 4.36. The van der Waals surface area contributed by atoms with Gasteiger partial charge in [0.15, 0.2) is 23.0 Å². The second-order valence-electron chi connectivity index (χ2n) is 5.63. The third kappa shape index (κ3) is 1.62. The van der Waals surface area contributed by atoms with Crippen molar-refractivity contribution in [3.8, 4) is 57.1 Å². The Hall–Kier alpha value is -3.16. The number of fused-ring (bicyclic) bond motifs is 2. The van der Waals surface area contributed by atoms with Crippen molar-refractivity contribution in [1.82, 2.24) is 0 Å². The van der Waals surface area contributed by atoms with Gasteiger partial charge in [0.05, 0.1) is 0 Å². The fraction of sp³-hybridized carbons (Fsp3) is 0.250. The molecular weight excluding hydrogens is 320 g/mol. The van der Waals surface area contributed by atoms with Crippen LogP contribution in [0.2, 0.25) is 0 Å². The largest absolute Gasteiger partial charge is 0.587 e. The molecule has 2 heterocycles. The van der Waals surface area contributed by atoms with Crippen LogP contribution in [-0.4, -0.2) is 34.0 Å². The summed E-state index contributed by atoms with van der Waals surface area (Å²) in [4.78, 5) is 0. The lowest BCUT2D eigenvalue weighted by Gasteiger charge is -2.11. The SMILES string of the molecule is Cc1c([OH2+])c([OH2+])c(-c2c([OH2+])c([OH2+])c(C)c3c2OCO3)c2c1OCO2. The average Bonchev–Trinajstić information content (AvgIpc) is 3.23. The fourth-order valence-electron chi connectivity index (χ4n) is 3.04. The second kappa shape index (κ2) is 4.67. The molecule has 0 bridgehead atoms. The van der Waals surface area contributed by atoms with Crippen LogP contribution in [0.25, 0.3) is 11.1 Å². The van der Waals surface area contributed by atoms with E-state index >= 15 is 0 Å². The minimum absolute atomic E-state index is 0.00609. The highest BCUT2D eigenvalue weighted by Crippen LogP contribution is 2.61. The maximum absolute atomic E-state index is 8.36. The van der Waals surface area contributed by atoms with Gasteiger partial charge in [-0.1, -0.05) is 0 Å².